The van der Waals surface area contributed by atoms with Crippen LogP contribution in [0.2, 0.25) is 0 Å². The molecule has 15 saturated carbocycles. The van der Waals surface area contributed by atoms with Gasteiger partial charge in [-0.05, 0) is 396 Å². The molecule has 0 amide bonds. The zero-order valence-corrected chi connectivity index (χ0v) is 90.2. The first-order chi connectivity index (χ1) is 60.8. The Hall–Kier alpha value is -2.33. The van der Waals surface area contributed by atoms with Gasteiger partial charge in [0, 0.05) is 10.8 Å². The molecule has 0 bridgehead atoms. The van der Waals surface area contributed by atoms with Crippen LogP contribution in [0, 0.1) is 170 Å². The van der Waals surface area contributed by atoms with Crippen LogP contribution >= 0.6 is 58.7 Å². The lowest BCUT2D eigenvalue weighted by Crippen LogP contribution is -2.67. The summed E-state index contributed by atoms with van der Waals surface area (Å²) in [5.41, 5.74) is 3.16. The predicted octanol–water partition coefficient (Wildman–Crippen LogP) is 26.4. The Labute approximate surface area is 810 Å². The van der Waals surface area contributed by atoms with Gasteiger partial charge in [0.2, 0.25) is 5.24 Å². The SMILES string of the molecule is C=C(C)[C@@H]1CC[C@]2(C(=O)O)CC[C@]3(C)[C@H](CC[C@@H]4[C@@]5(C)CC[C@H](O)C(C)(C)[C@@H]5CC[C@]43C)[C@@H]12.C=C(C)[C@@H]1CC[C@]2(C(=O)O)CC[C@]3(C)[C@H](CC[C@@H]4[C@@]5(C)CC[C@H](OC(=O)CBr)C(C)(C)[C@@H]5CC[C@]43C)[C@@H]12.C=C(C)[C@@H]1CC[C@]2(C(=O)O)CC[C@]3(C)[C@H](CC[C@@H]4[C@@]5(C)CC[C@H](OC(=O)COCP(=O)(OCC)OCC)C(C)(C)[C@@H]5CC[C@]43C)[C@@H]12.CCOP(=O)(CO)OCC.O=C(Cl)CBr. The highest BCUT2D eigenvalue weighted by molar-refractivity contribution is 9.09. The second-order valence-electron chi connectivity index (χ2n) is 48.6. The fraction of sp³-hybridized carbons (Fsp3) is 0.887. The molecule has 0 unspecified atom stereocenters. The summed E-state index contributed by atoms with van der Waals surface area (Å²) in [7, 11) is -6.54. The molecule has 15 fully saturated rings. The number of ether oxygens (including phenoxy) is 3. The summed E-state index contributed by atoms with van der Waals surface area (Å²) < 4.78 is 61.4. The van der Waals surface area contributed by atoms with Crippen molar-refractivity contribution in [3.05, 3.63) is 36.5 Å². The predicted molar refractivity (Wildman–Crippen MR) is 524 cm³/mol. The molecule has 30 atom stereocenters. The maximum Gasteiger partial charge on any atom is 0.356 e. The number of hydrogen-bond donors (Lipinski definition) is 5. The fourth-order valence-corrected chi connectivity index (χ4v) is 39.0. The molecule has 0 saturated heterocycles. The molecule has 0 aromatic heterocycles. The van der Waals surface area contributed by atoms with E-state index in [1.807, 2.05) is 0 Å². The molecule has 0 aliphatic heterocycles. The molecule has 20 nitrogen and oxygen atoms in total. The third kappa shape index (κ3) is 18.2. The quantitative estimate of drug-likeness (QED) is 0.0209. The van der Waals surface area contributed by atoms with Crippen LogP contribution < -0.4 is 0 Å². The molecule has 25 heteroatoms. The lowest BCUT2D eigenvalue weighted by molar-refractivity contribution is -0.250. The Balaban J connectivity index is 0.000000177. The van der Waals surface area contributed by atoms with Gasteiger partial charge in [0.25, 0.3) is 0 Å². The molecular formula is C106H173Br2ClO20P2. The number of rotatable bonds is 23. The van der Waals surface area contributed by atoms with Gasteiger partial charge in [-0.15, -0.1) is 0 Å². The van der Waals surface area contributed by atoms with Crippen molar-refractivity contribution < 1.29 is 95.7 Å². The second kappa shape index (κ2) is 39.9. The van der Waals surface area contributed by atoms with Crippen molar-refractivity contribution in [2.45, 2.75) is 363 Å². The molecular weight excluding hydrogens is 1850 g/mol. The van der Waals surface area contributed by atoms with Crippen LogP contribution in [0.3, 0.4) is 0 Å². The van der Waals surface area contributed by atoms with Gasteiger partial charge in [-0.3, -0.25) is 33.1 Å². The number of hydrogen-bond acceptors (Lipinski definition) is 17. The van der Waals surface area contributed by atoms with E-state index >= 15 is 0 Å². The van der Waals surface area contributed by atoms with Crippen molar-refractivity contribution in [2.75, 3.05) is 56.4 Å². The van der Waals surface area contributed by atoms with Crippen molar-refractivity contribution in [3.63, 3.8) is 0 Å². The Morgan fingerprint density at radius 3 is 0.954 bits per heavy atom. The zero-order valence-electron chi connectivity index (χ0n) is 84.5. The molecule has 131 heavy (non-hydrogen) atoms. The molecule has 5 N–H and O–H groups in total. The summed E-state index contributed by atoms with van der Waals surface area (Å²) in [6, 6.07) is 0. The van der Waals surface area contributed by atoms with Crippen LogP contribution in [0.1, 0.15) is 345 Å². The number of carbonyl (C=O) groups excluding carboxylic acids is 3. The van der Waals surface area contributed by atoms with Crippen LogP contribution in [-0.2, 0) is 70.2 Å². The van der Waals surface area contributed by atoms with Gasteiger partial charge >= 0.3 is 45.0 Å². The van der Waals surface area contributed by atoms with Crippen LogP contribution in [0.5, 0.6) is 0 Å². The maximum absolute atomic E-state index is 13.0. The Morgan fingerprint density at radius 2 is 0.672 bits per heavy atom. The summed E-state index contributed by atoms with van der Waals surface area (Å²) in [6.07, 6.45) is 29.5. The number of aliphatic hydroxyl groups is 2. The molecule has 15 aliphatic rings. The first-order valence-electron chi connectivity index (χ1n) is 50.8. The summed E-state index contributed by atoms with van der Waals surface area (Å²) in [4.78, 5) is 73.3. The van der Waals surface area contributed by atoms with E-state index in [4.69, 9.17) is 49.0 Å². The first kappa shape index (κ1) is 109. The average Bonchev–Trinajstić information content (AvgIpc) is 1.61. The van der Waals surface area contributed by atoms with Crippen molar-refractivity contribution >= 4 is 93.7 Å². The van der Waals surface area contributed by atoms with Gasteiger partial charge in [-0.2, -0.15) is 0 Å². The molecule has 15 rings (SSSR count). The molecule has 748 valence electrons. The van der Waals surface area contributed by atoms with E-state index in [0.717, 1.165) is 153 Å². The van der Waals surface area contributed by atoms with E-state index in [9.17, 15) is 58.3 Å². The molecule has 0 spiro atoms. The summed E-state index contributed by atoms with van der Waals surface area (Å²) in [5.74, 6) is 4.03. The van der Waals surface area contributed by atoms with Gasteiger partial charge in [-0.25, -0.2) is 4.79 Å². The third-order valence-corrected chi connectivity index (χ3v) is 47.9. The molecule has 0 aromatic carbocycles. The second-order valence-corrected chi connectivity index (χ2v) is 54.2. The zero-order chi connectivity index (χ0) is 97.6. The number of alkyl halides is 2. The summed E-state index contributed by atoms with van der Waals surface area (Å²) in [5, 5.41) is 51.3. The van der Waals surface area contributed by atoms with E-state index in [0.29, 0.717) is 71.0 Å². The van der Waals surface area contributed by atoms with Crippen molar-refractivity contribution in [1.82, 2.24) is 0 Å². The van der Waals surface area contributed by atoms with Crippen molar-refractivity contribution in [3.8, 4) is 0 Å². The Kier molecular flexibility index (Phi) is 33.2. The smallest absolute Gasteiger partial charge is 0.356 e. The highest BCUT2D eigenvalue weighted by atomic mass is 79.9. The third-order valence-electron chi connectivity index (χ3n) is 43.0. The van der Waals surface area contributed by atoms with E-state index < -0.39 is 61.7 Å². The highest BCUT2D eigenvalue weighted by Crippen LogP contribution is 2.83. The number of carboxylic acids is 3. The van der Waals surface area contributed by atoms with E-state index in [2.05, 4.69) is 176 Å². The van der Waals surface area contributed by atoms with Gasteiger partial charge in [0.15, 0.2) is 0 Å². The standard InChI is InChI=1S/C37H61O8P.C32H49BrO4.C30H48O3.C5H13O4P.C2H2BrClO/c1-10-43-46(41,44-11-2)23-42-22-30(38)45-29-16-17-34(7)27(33(29,5)6)15-18-36(9)28(34)13-12-26-31-25(24(3)4)14-19-37(31,32(39)40)21-20-35(26,36)8;1-19(2)20-10-15-32(27(35)36)17-16-30(6)21(26(20)32)8-9-23-29(5)13-12-24(37-25(34)18-33)28(3,4)22(29)11-14-31(23,30)7;1-18(2)19-10-15-30(25(32)33)17-16-28(6)20(24(19)30)8-9-22-27(5)13-12-23(31)26(3,4)21(27)11-14-29(22,28)7;1-3-8-10(7,5-6)9-4-2;3-1-2(4)5/h25-29,31H,3,10-23H2,1-2,4-9H3,(H,39,40);20-24,26H,1,8-18H2,2-7H3,(H,35,36);19-24,31H,1,8-17H2,2-7H3,(H,32,33);6H,3-5H2,1-2H3;1H2/t25-,26+,27-,28+,29-,31+,34-,35+,36+,37-;20-,21+,22-,23+,24-,26+,29-,30+,31+,32-;19-,20+,21-,22+,23-,24+,27-,28+,29+,30-;;/m000../s1. The van der Waals surface area contributed by atoms with Gasteiger partial charge < -0.3 is 57.8 Å². The van der Waals surface area contributed by atoms with Crippen molar-refractivity contribution in [2.24, 2.45) is 170 Å². The Bertz CT molecular complexity index is 4290. The molecule has 15 aliphatic carbocycles. The maximum atomic E-state index is 13.0. The molecule has 0 heterocycles. The number of esters is 2. The topological polar surface area (TPSA) is 302 Å². The monoisotopic (exact) mass is 2020 g/mol. The normalized spacial score (nSPS) is 44.3. The fourth-order valence-electron chi connectivity index (χ4n) is 36.5. The van der Waals surface area contributed by atoms with Gasteiger partial charge in [-0.1, -0.05) is 172 Å². The van der Waals surface area contributed by atoms with Crippen LogP contribution in [0.4, 0.5) is 0 Å². The van der Waals surface area contributed by atoms with Gasteiger partial charge in [0.05, 0.1) is 54.1 Å². The summed E-state index contributed by atoms with van der Waals surface area (Å²) >= 11 is 10.9. The number of fused-ring (bicyclic) bond motifs is 21. The number of allylic oxidation sites excluding steroid dienone is 3. The highest BCUT2D eigenvalue weighted by Gasteiger charge is 2.77. The Morgan fingerprint density at radius 1 is 0.374 bits per heavy atom. The lowest BCUT2D eigenvalue weighted by atomic mass is 9.32. The number of aliphatic carboxylic acids is 3. The van der Waals surface area contributed by atoms with Crippen LogP contribution in [-0.4, -0.2) is 135 Å². The minimum atomic E-state index is -3.40. The first-order valence-corrected chi connectivity index (χ1v) is 56.9. The minimum Gasteiger partial charge on any atom is -0.481 e. The van der Waals surface area contributed by atoms with E-state index in [1.54, 1.807) is 27.7 Å². The average molecular weight is 2020 g/mol. The number of halogens is 3. The van der Waals surface area contributed by atoms with Crippen molar-refractivity contribution in [1.29, 1.82) is 0 Å². The largest absolute Gasteiger partial charge is 0.481 e. The molecule has 0 radical (unpaired) electrons. The van der Waals surface area contributed by atoms with E-state index in [-0.39, 0.29) is 162 Å². The van der Waals surface area contributed by atoms with E-state index in [1.165, 1.54) is 56.1 Å². The van der Waals surface area contributed by atoms with Crippen LogP contribution in [0.25, 0.3) is 0 Å². The molecule has 0 aromatic rings. The summed E-state index contributed by atoms with van der Waals surface area (Å²) in [6.45, 7) is 64.0. The number of carboxylic acid groups (broad SMARTS) is 3. The lowest BCUT2D eigenvalue weighted by Gasteiger charge is -2.72. The number of carbonyl (C=O) groups is 6. The minimum absolute atomic E-state index is 0.0202. The number of aliphatic hydroxyl groups excluding tert-OH is 2. The van der Waals surface area contributed by atoms with Crippen LogP contribution in [0.15, 0.2) is 36.5 Å². The van der Waals surface area contributed by atoms with Gasteiger partial charge in [0.1, 0.15) is 36.8 Å².